The standard InChI is InChI=1S/C25H32N4O2/c30-24(26-23-10-8-20(9-11-23)18-28-14-4-5-15-28)19-29-16-12-21(13-17-29)25(31)27-22-6-2-1-3-7-22/h1-3,6-11,21H,4-5,12-19H2,(H,26,30)(H,27,31). The number of para-hydroxylation sites is 1. The molecule has 0 radical (unpaired) electrons. The summed E-state index contributed by atoms with van der Waals surface area (Å²) in [5, 5.41) is 5.99. The molecule has 0 spiro atoms. The van der Waals surface area contributed by atoms with Crippen LogP contribution < -0.4 is 10.6 Å². The second kappa shape index (κ2) is 10.6. The van der Waals surface area contributed by atoms with Gasteiger partial charge in [0.1, 0.15) is 0 Å². The fourth-order valence-electron chi connectivity index (χ4n) is 4.42. The number of carbonyl (C=O) groups is 2. The number of amides is 2. The van der Waals surface area contributed by atoms with Crippen molar-refractivity contribution < 1.29 is 9.59 Å². The fraction of sp³-hybridized carbons (Fsp3) is 0.440. The number of piperidine rings is 1. The van der Waals surface area contributed by atoms with Crippen LogP contribution >= 0.6 is 0 Å². The highest BCUT2D eigenvalue weighted by Gasteiger charge is 2.26. The minimum atomic E-state index is -0.000481. The Balaban J connectivity index is 1.18. The summed E-state index contributed by atoms with van der Waals surface area (Å²) in [5.74, 6) is 0.0754. The highest BCUT2D eigenvalue weighted by atomic mass is 16.2. The highest BCUT2D eigenvalue weighted by Crippen LogP contribution is 2.20. The van der Waals surface area contributed by atoms with Crippen molar-refractivity contribution in [2.24, 2.45) is 5.92 Å². The minimum Gasteiger partial charge on any atom is -0.326 e. The first kappa shape index (κ1) is 21.5. The first-order valence-corrected chi connectivity index (χ1v) is 11.3. The average Bonchev–Trinajstić information content (AvgIpc) is 3.29. The summed E-state index contributed by atoms with van der Waals surface area (Å²) in [5.41, 5.74) is 2.96. The fourth-order valence-corrected chi connectivity index (χ4v) is 4.42. The van der Waals surface area contributed by atoms with Gasteiger partial charge in [-0.15, -0.1) is 0 Å². The Morgan fingerprint density at radius 1 is 0.774 bits per heavy atom. The van der Waals surface area contributed by atoms with Crippen molar-refractivity contribution in [3.63, 3.8) is 0 Å². The average molecular weight is 421 g/mol. The van der Waals surface area contributed by atoms with Crippen LogP contribution in [0.5, 0.6) is 0 Å². The Morgan fingerprint density at radius 3 is 2.10 bits per heavy atom. The molecule has 0 saturated carbocycles. The molecule has 2 aliphatic rings. The normalized spacial score (nSPS) is 18.1. The molecule has 2 aromatic rings. The van der Waals surface area contributed by atoms with Crippen LogP contribution in [-0.2, 0) is 16.1 Å². The Hall–Kier alpha value is -2.70. The number of nitrogens with zero attached hydrogens (tertiary/aromatic N) is 2. The lowest BCUT2D eigenvalue weighted by Gasteiger charge is -2.30. The highest BCUT2D eigenvalue weighted by molar-refractivity contribution is 5.93. The first-order chi connectivity index (χ1) is 15.2. The van der Waals surface area contributed by atoms with E-state index in [0.717, 1.165) is 43.9 Å². The zero-order chi connectivity index (χ0) is 21.5. The number of nitrogens with one attached hydrogen (secondary N) is 2. The van der Waals surface area contributed by atoms with Gasteiger partial charge in [0.05, 0.1) is 6.54 Å². The van der Waals surface area contributed by atoms with Crippen molar-refractivity contribution in [3.05, 3.63) is 60.2 Å². The summed E-state index contributed by atoms with van der Waals surface area (Å²) in [6, 6.07) is 17.7. The Kier molecular flexibility index (Phi) is 7.33. The third kappa shape index (κ3) is 6.39. The van der Waals surface area contributed by atoms with Crippen LogP contribution in [0.2, 0.25) is 0 Å². The number of hydrogen-bond acceptors (Lipinski definition) is 4. The van der Waals surface area contributed by atoms with Crippen molar-refractivity contribution in [1.82, 2.24) is 9.80 Å². The van der Waals surface area contributed by atoms with E-state index in [1.807, 2.05) is 42.5 Å². The monoisotopic (exact) mass is 420 g/mol. The lowest BCUT2D eigenvalue weighted by atomic mass is 9.96. The largest absolute Gasteiger partial charge is 0.326 e. The first-order valence-electron chi connectivity index (χ1n) is 11.3. The predicted molar refractivity (Wildman–Crippen MR) is 124 cm³/mol. The van der Waals surface area contributed by atoms with Crippen molar-refractivity contribution >= 4 is 23.2 Å². The van der Waals surface area contributed by atoms with Crippen molar-refractivity contribution in [2.45, 2.75) is 32.2 Å². The summed E-state index contributed by atoms with van der Waals surface area (Å²) in [7, 11) is 0. The van der Waals surface area contributed by atoms with Gasteiger partial charge in [-0.1, -0.05) is 30.3 Å². The molecule has 2 saturated heterocycles. The second-order valence-corrected chi connectivity index (χ2v) is 8.63. The maximum absolute atomic E-state index is 12.5. The molecule has 0 bridgehead atoms. The van der Waals surface area contributed by atoms with Crippen molar-refractivity contribution in [2.75, 3.05) is 43.4 Å². The van der Waals surface area contributed by atoms with Gasteiger partial charge in [0.25, 0.3) is 0 Å². The SMILES string of the molecule is O=C(CN1CCC(C(=O)Nc2ccccc2)CC1)Nc1ccc(CN2CCCC2)cc1. The van der Waals surface area contributed by atoms with E-state index in [4.69, 9.17) is 0 Å². The molecule has 2 amide bonds. The van der Waals surface area contributed by atoms with E-state index in [9.17, 15) is 9.59 Å². The molecule has 0 unspecified atom stereocenters. The van der Waals surface area contributed by atoms with Gasteiger partial charge in [-0.05, 0) is 81.7 Å². The maximum Gasteiger partial charge on any atom is 0.238 e. The van der Waals surface area contributed by atoms with Gasteiger partial charge in [-0.3, -0.25) is 19.4 Å². The topological polar surface area (TPSA) is 64.7 Å². The van der Waals surface area contributed by atoms with Gasteiger partial charge in [0.15, 0.2) is 0 Å². The van der Waals surface area contributed by atoms with Crippen LogP contribution in [0.1, 0.15) is 31.2 Å². The number of likely N-dealkylation sites (tertiary alicyclic amines) is 2. The minimum absolute atomic E-state index is 0.000481. The van der Waals surface area contributed by atoms with Crippen LogP contribution in [-0.4, -0.2) is 54.3 Å². The van der Waals surface area contributed by atoms with E-state index >= 15 is 0 Å². The number of hydrogen-bond donors (Lipinski definition) is 2. The molecule has 2 aromatic carbocycles. The smallest absolute Gasteiger partial charge is 0.238 e. The molecule has 31 heavy (non-hydrogen) atoms. The lowest BCUT2D eigenvalue weighted by molar-refractivity contribution is -0.121. The maximum atomic E-state index is 12.5. The Bertz CT molecular complexity index is 855. The molecule has 6 nitrogen and oxygen atoms in total. The van der Waals surface area contributed by atoms with Gasteiger partial charge in [0.2, 0.25) is 11.8 Å². The van der Waals surface area contributed by atoms with Crippen LogP contribution in [0.15, 0.2) is 54.6 Å². The molecule has 2 aliphatic heterocycles. The third-order valence-corrected chi connectivity index (χ3v) is 6.21. The molecule has 0 aromatic heterocycles. The van der Waals surface area contributed by atoms with E-state index in [-0.39, 0.29) is 17.7 Å². The molecular weight excluding hydrogens is 388 g/mol. The summed E-state index contributed by atoms with van der Waals surface area (Å²) in [6.07, 6.45) is 4.14. The number of anilines is 2. The lowest BCUT2D eigenvalue weighted by Crippen LogP contribution is -2.41. The van der Waals surface area contributed by atoms with E-state index in [1.54, 1.807) is 0 Å². The molecule has 2 heterocycles. The number of rotatable bonds is 7. The van der Waals surface area contributed by atoms with E-state index in [2.05, 4.69) is 32.6 Å². The van der Waals surface area contributed by atoms with Gasteiger partial charge in [-0.2, -0.15) is 0 Å². The predicted octanol–water partition coefficient (Wildman–Crippen LogP) is 3.57. The second-order valence-electron chi connectivity index (χ2n) is 8.63. The zero-order valence-electron chi connectivity index (χ0n) is 18.1. The summed E-state index contributed by atoms with van der Waals surface area (Å²) in [4.78, 5) is 29.5. The van der Waals surface area contributed by atoms with Gasteiger partial charge < -0.3 is 10.6 Å². The molecule has 164 valence electrons. The molecule has 6 heteroatoms. The van der Waals surface area contributed by atoms with E-state index in [0.29, 0.717) is 6.54 Å². The van der Waals surface area contributed by atoms with Crippen LogP contribution in [0.4, 0.5) is 11.4 Å². The summed E-state index contributed by atoms with van der Waals surface area (Å²) < 4.78 is 0. The molecule has 0 atom stereocenters. The summed E-state index contributed by atoms with van der Waals surface area (Å²) in [6.45, 7) is 5.24. The van der Waals surface area contributed by atoms with Crippen LogP contribution in [0.3, 0.4) is 0 Å². The Labute approximate surface area is 184 Å². The van der Waals surface area contributed by atoms with Gasteiger partial charge in [0, 0.05) is 23.8 Å². The third-order valence-electron chi connectivity index (χ3n) is 6.21. The number of benzene rings is 2. The van der Waals surface area contributed by atoms with Gasteiger partial charge >= 0.3 is 0 Å². The van der Waals surface area contributed by atoms with E-state index in [1.165, 1.54) is 31.5 Å². The van der Waals surface area contributed by atoms with Crippen LogP contribution in [0, 0.1) is 5.92 Å². The zero-order valence-corrected chi connectivity index (χ0v) is 18.1. The quantitative estimate of drug-likeness (QED) is 0.719. The molecule has 2 N–H and O–H groups in total. The molecule has 2 fully saturated rings. The Morgan fingerprint density at radius 2 is 1.42 bits per heavy atom. The van der Waals surface area contributed by atoms with Crippen molar-refractivity contribution in [1.29, 1.82) is 0 Å². The summed E-state index contributed by atoms with van der Waals surface area (Å²) >= 11 is 0. The van der Waals surface area contributed by atoms with E-state index < -0.39 is 0 Å². The molecule has 4 rings (SSSR count). The van der Waals surface area contributed by atoms with Gasteiger partial charge in [-0.25, -0.2) is 0 Å². The number of carbonyl (C=O) groups excluding carboxylic acids is 2. The van der Waals surface area contributed by atoms with Crippen LogP contribution in [0.25, 0.3) is 0 Å². The van der Waals surface area contributed by atoms with Crippen molar-refractivity contribution in [3.8, 4) is 0 Å². The molecule has 0 aliphatic carbocycles. The molecular formula is C25H32N4O2.